The van der Waals surface area contributed by atoms with Gasteiger partial charge in [0.25, 0.3) is 0 Å². The highest BCUT2D eigenvalue weighted by atomic mass is 32.2. The van der Waals surface area contributed by atoms with Gasteiger partial charge in [0.05, 0.1) is 10.9 Å². The van der Waals surface area contributed by atoms with E-state index < -0.39 is 0 Å². The molecule has 0 radical (unpaired) electrons. The average Bonchev–Trinajstić information content (AvgIpc) is 3.17. The lowest BCUT2D eigenvalue weighted by Crippen LogP contribution is -2.22. The second-order valence-electron chi connectivity index (χ2n) is 4.88. The van der Waals surface area contributed by atoms with Gasteiger partial charge in [-0.1, -0.05) is 35.1 Å². The second kappa shape index (κ2) is 6.66. The number of para-hydroxylation sites is 1. The zero-order valence-corrected chi connectivity index (χ0v) is 13.4. The monoisotopic (exact) mass is 329 g/mol. The van der Waals surface area contributed by atoms with Crippen molar-refractivity contribution in [2.45, 2.75) is 24.3 Å². The van der Waals surface area contributed by atoms with Gasteiger partial charge in [0.2, 0.25) is 11.1 Å². The summed E-state index contributed by atoms with van der Waals surface area (Å²) in [5.41, 5.74) is 0.919. The van der Waals surface area contributed by atoms with Crippen molar-refractivity contribution in [3.8, 4) is 5.69 Å². The van der Waals surface area contributed by atoms with Crippen LogP contribution in [-0.4, -0.2) is 31.1 Å². The van der Waals surface area contributed by atoms with Gasteiger partial charge >= 0.3 is 0 Å². The number of thioether (sulfide) groups is 1. The summed E-state index contributed by atoms with van der Waals surface area (Å²) >= 11 is 1.28. The normalized spacial score (nSPS) is 12.1. The molecule has 3 aromatic rings. The van der Waals surface area contributed by atoms with Crippen LogP contribution >= 0.6 is 11.8 Å². The molecule has 0 saturated carbocycles. The van der Waals surface area contributed by atoms with Gasteiger partial charge in [-0.25, -0.2) is 9.67 Å². The van der Waals surface area contributed by atoms with E-state index in [-0.39, 0.29) is 11.2 Å². The van der Waals surface area contributed by atoms with E-state index in [1.54, 1.807) is 30.9 Å². The molecule has 1 atom stereocenters. The number of nitrogens with zero attached hydrogens (tertiary/aromatic N) is 4. The zero-order valence-electron chi connectivity index (χ0n) is 12.6. The fourth-order valence-electron chi connectivity index (χ4n) is 1.87. The molecule has 2 heterocycles. The maximum Gasteiger partial charge on any atom is 0.238 e. The Morgan fingerprint density at radius 2 is 2.13 bits per heavy atom. The van der Waals surface area contributed by atoms with Gasteiger partial charge in [-0.3, -0.25) is 4.79 Å². The molecule has 118 valence electrons. The Balaban J connectivity index is 1.62. The summed E-state index contributed by atoms with van der Waals surface area (Å²) in [7, 11) is 0. The van der Waals surface area contributed by atoms with Gasteiger partial charge in [-0.15, -0.1) is 5.10 Å². The van der Waals surface area contributed by atoms with Crippen molar-refractivity contribution in [2.75, 3.05) is 5.32 Å². The highest BCUT2D eigenvalue weighted by molar-refractivity contribution is 8.00. The van der Waals surface area contributed by atoms with E-state index >= 15 is 0 Å². The van der Waals surface area contributed by atoms with E-state index in [9.17, 15) is 4.79 Å². The number of carbonyl (C=O) groups excluding carboxylic acids is 1. The Kier molecular flexibility index (Phi) is 4.42. The molecule has 0 aliphatic rings. The minimum atomic E-state index is -0.362. The summed E-state index contributed by atoms with van der Waals surface area (Å²) in [6, 6.07) is 11.3. The molecule has 0 aliphatic heterocycles. The van der Waals surface area contributed by atoms with Crippen LogP contribution in [0.25, 0.3) is 5.69 Å². The Morgan fingerprint density at radius 1 is 1.35 bits per heavy atom. The lowest BCUT2D eigenvalue weighted by atomic mass is 10.3. The Hall–Kier alpha value is -2.61. The highest BCUT2D eigenvalue weighted by Gasteiger charge is 2.18. The Morgan fingerprint density at radius 3 is 2.83 bits per heavy atom. The second-order valence-corrected chi connectivity index (χ2v) is 6.19. The minimum absolute atomic E-state index is 0.181. The van der Waals surface area contributed by atoms with Gasteiger partial charge in [0.1, 0.15) is 12.1 Å². The van der Waals surface area contributed by atoms with Crippen LogP contribution in [0, 0.1) is 6.92 Å². The third-order valence-corrected chi connectivity index (χ3v) is 3.99. The largest absolute Gasteiger partial charge is 0.360 e. The third-order valence-electron chi connectivity index (χ3n) is 3.02. The fourth-order valence-corrected chi connectivity index (χ4v) is 2.60. The molecular formula is C15H15N5O2S. The Labute approximate surface area is 137 Å². The number of carbonyl (C=O) groups is 1. The van der Waals surface area contributed by atoms with E-state index in [0.29, 0.717) is 16.7 Å². The van der Waals surface area contributed by atoms with Crippen molar-refractivity contribution in [2.24, 2.45) is 0 Å². The molecule has 0 saturated heterocycles. The molecule has 1 amide bonds. The van der Waals surface area contributed by atoms with Gasteiger partial charge < -0.3 is 9.84 Å². The summed E-state index contributed by atoms with van der Waals surface area (Å²) in [5.74, 6) is 0.867. The van der Waals surface area contributed by atoms with Gasteiger partial charge in [-0.2, -0.15) is 0 Å². The number of rotatable bonds is 5. The molecule has 3 rings (SSSR count). The molecule has 0 fully saturated rings. The number of amides is 1. The van der Waals surface area contributed by atoms with Crippen molar-refractivity contribution in [1.82, 2.24) is 19.9 Å². The van der Waals surface area contributed by atoms with Crippen molar-refractivity contribution in [3.05, 3.63) is 48.5 Å². The molecule has 1 N–H and O–H groups in total. The number of aromatic nitrogens is 4. The van der Waals surface area contributed by atoms with Gasteiger partial charge in [0.15, 0.2) is 5.82 Å². The number of nitrogens with one attached hydrogen (secondary N) is 1. The first-order valence-electron chi connectivity index (χ1n) is 7.00. The first-order chi connectivity index (χ1) is 11.1. The van der Waals surface area contributed by atoms with Crippen molar-refractivity contribution < 1.29 is 9.32 Å². The molecule has 1 aromatic carbocycles. The van der Waals surface area contributed by atoms with Crippen molar-refractivity contribution >= 4 is 23.5 Å². The highest BCUT2D eigenvalue weighted by Crippen LogP contribution is 2.21. The number of hydrogen-bond donors (Lipinski definition) is 1. The topological polar surface area (TPSA) is 85.8 Å². The van der Waals surface area contributed by atoms with Crippen LogP contribution in [-0.2, 0) is 4.79 Å². The number of aryl methyl sites for hydroxylation is 1. The first kappa shape index (κ1) is 15.3. The predicted molar refractivity (Wildman–Crippen MR) is 86.5 cm³/mol. The molecule has 2 aromatic heterocycles. The van der Waals surface area contributed by atoms with E-state index in [0.717, 1.165) is 5.69 Å². The summed E-state index contributed by atoms with van der Waals surface area (Å²) in [5, 5.41) is 11.0. The van der Waals surface area contributed by atoms with Gasteiger partial charge in [-0.05, 0) is 26.0 Å². The average molecular weight is 329 g/mol. The fraction of sp³-hybridized carbons (Fsp3) is 0.200. The number of anilines is 1. The van der Waals surface area contributed by atoms with Crippen LogP contribution in [0.4, 0.5) is 5.82 Å². The minimum Gasteiger partial charge on any atom is -0.360 e. The van der Waals surface area contributed by atoms with Crippen LogP contribution in [0.3, 0.4) is 0 Å². The van der Waals surface area contributed by atoms with Crippen molar-refractivity contribution in [1.29, 1.82) is 0 Å². The molecular weight excluding hydrogens is 314 g/mol. The summed E-state index contributed by atoms with van der Waals surface area (Å²) in [4.78, 5) is 16.4. The van der Waals surface area contributed by atoms with E-state index in [1.165, 1.54) is 11.8 Å². The predicted octanol–water partition coefficient (Wildman–Crippen LogP) is 2.68. The third kappa shape index (κ3) is 3.78. The molecule has 0 bridgehead atoms. The van der Waals surface area contributed by atoms with E-state index in [4.69, 9.17) is 4.52 Å². The maximum absolute atomic E-state index is 12.1. The van der Waals surface area contributed by atoms with E-state index in [2.05, 4.69) is 20.6 Å². The van der Waals surface area contributed by atoms with Crippen LogP contribution in [0.1, 0.15) is 12.7 Å². The van der Waals surface area contributed by atoms with Crippen LogP contribution in [0.5, 0.6) is 0 Å². The first-order valence-corrected chi connectivity index (χ1v) is 7.88. The van der Waals surface area contributed by atoms with Crippen LogP contribution in [0.15, 0.2) is 52.4 Å². The molecule has 1 unspecified atom stereocenters. The van der Waals surface area contributed by atoms with Crippen LogP contribution < -0.4 is 5.32 Å². The standard InChI is InChI=1S/C15H15N5O2S/c1-10-8-13(19-22-10)17-14(21)11(2)23-15-16-9-20(18-15)12-6-4-3-5-7-12/h3-9,11H,1-2H3,(H,17,19,21). The lowest BCUT2D eigenvalue weighted by molar-refractivity contribution is -0.115. The maximum atomic E-state index is 12.1. The summed E-state index contributed by atoms with van der Waals surface area (Å²) in [6.07, 6.45) is 1.63. The van der Waals surface area contributed by atoms with Crippen molar-refractivity contribution in [3.63, 3.8) is 0 Å². The zero-order chi connectivity index (χ0) is 16.2. The molecule has 0 aliphatic carbocycles. The molecule has 8 heteroatoms. The van der Waals surface area contributed by atoms with Crippen LogP contribution in [0.2, 0.25) is 0 Å². The Bertz CT molecular complexity index is 799. The smallest absolute Gasteiger partial charge is 0.238 e. The lowest BCUT2D eigenvalue weighted by Gasteiger charge is -2.07. The molecule has 7 nitrogen and oxygen atoms in total. The van der Waals surface area contributed by atoms with E-state index in [1.807, 2.05) is 30.3 Å². The summed E-state index contributed by atoms with van der Waals surface area (Å²) < 4.78 is 6.59. The number of hydrogen-bond acceptors (Lipinski definition) is 6. The molecule has 0 spiro atoms. The summed E-state index contributed by atoms with van der Waals surface area (Å²) in [6.45, 7) is 3.55. The van der Waals surface area contributed by atoms with Gasteiger partial charge in [0, 0.05) is 6.07 Å². The molecule has 23 heavy (non-hydrogen) atoms. The number of benzene rings is 1. The quantitative estimate of drug-likeness (QED) is 0.724. The SMILES string of the molecule is Cc1cc(NC(=O)C(C)Sc2ncn(-c3ccccc3)n2)no1.